The molecule has 0 unspecified atom stereocenters. The van der Waals surface area contributed by atoms with Crippen LogP contribution in [0.3, 0.4) is 0 Å². The molecule has 21 heavy (non-hydrogen) atoms. The Morgan fingerprint density at radius 3 is 2.00 bits per heavy atom. The molecule has 0 saturated carbocycles. The highest BCUT2D eigenvalue weighted by atomic mass is 32.2. The summed E-state index contributed by atoms with van der Waals surface area (Å²) in [4.78, 5) is 0.385. The summed E-state index contributed by atoms with van der Waals surface area (Å²) in [6.07, 6.45) is 0. The van der Waals surface area contributed by atoms with Gasteiger partial charge >= 0.3 is 0 Å². The molecule has 0 amide bonds. The van der Waals surface area contributed by atoms with Gasteiger partial charge in [0.05, 0.1) is 4.90 Å². The first kappa shape index (κ1) is 15.7. The summed E-state index contributed by atoms with van der Waals surface area (Å²) in [6.45, 7) is 7.49. The van der Waals surface area contributed by atoms with Crippen molar-refractivity contribution in [3.8, 4) is 0 Å². The monoisotopic (exact) mass is 303 g/mol. The molecule has 4 heteroatoms. The predicted molar refractivity (Wildman–Crippen MR) is 85.8 cm³/mol. The van der Waals surface area contributed by atoms with Crippen LogP contribution in [0.2, 0.25) is 0 Å². The molecule has 0 aliphatic rings. The average Bonchev–Trinajstić information content (AvgIpc) is 2.37. The van der Waals surface area contributed by atoms with E-state index in [0.717, 1.165) is 22.3 Å². The van der Waals surface area contributed by atoms with Crippen LogP contribution in [0.15, 0.2) is 47.4 Å². The summed E-state index contributed by atoms with van der Waals surface area (Å²) in [7, 11) is -3.54. The SMILES string of the molecule is Cc1cc(C)c(S(=O)(=O)N[C@H](C)c2ccccc2)c(C)c1. The molecule has 0 spiro atoms. The Balaban J connectivity index is 2.36. The zero-order valence-corrected chi connectivity index (χ0v) is 13.7. The zero-order valence-electron chi connectivity index (χ0n) is 12.8. The van der Waals surface area contributed by atoms with E-state index in [4.69, 9.17) is 0 Å². The Morgan fingerprint density at radius 2 is 1.48 bits per heavy atom. The van der Waals surface area contributed by atoms with Crippen molar-refractivity contribution >= 4 is 10.0 Å². The standard InChI is InChI=1S/C17H21NO2S/c1-12-10-13(2)17(14(3)11-12)21(19,20)18-15(4)16-8-6-5-7-9-16/h5-11,15,18H,1-4H3/t15-/m1/s1. The molecule has 0 saturated heterocycles. The first-order chi connectivity index (χ1) is 9.81. The van der Waals surface area contributed by atoms with E-state index in [1.54, 1.807) is 0 Å². The van der Waals surface area contributed by atoms with Crippen LogP contribution < -0.4 is 4.72 Å². The molecular weight excluding hydrogens is 282 g/mol. The van der Waals surface area contributed by atoms with Crippen molar-refractivity contribution in [3.05, 3.63) is 64.7 Å². The van der Waals surface area contributed by atoms with E-state index in [-0.39, 0.29) is 6.04 Å². The van der Waals surface area contributed by atoms with E-state index in [0.29, 0.717) is 4.90 Å². The molecule has 3 nitrogen and oxygen atoms in total. The number of hydrogen-bond acceptors (Lipinski definition) is 2. The Hall–Kier alpha value is -1.65. The minimum Gasteiger partial charge on any atom is -0.207 e. The maximum Gasteiger partial charge on any atom is 0.241 e. The van der Waals surface area contributed by atoms with Gasteiger partial charge in [-0.3, -0.25) is 0 Å². The van der Waals surface area contributed by atoms with E-state index in [2.05, 4.69) is 4.72 Å². The number of nitrogens with one attached hydrogen (secondary N) is 1. The third-order valence-electron chi connectivity index (χ3n) is 3.50. The highest BCUT2D eigenvalue weighted by Crippen LogP contribution is 2.23. The van der Waals surface area contributed by atoms with Gasteiger partial charge in [-0.2, -0.15) is 0 Å². The molecule has 1 N–H and O–H groups in total. The molecule has 0 fully saturated rings. The van der Waals surface area contributed by atoms with Crippen molar-refractivity contribution in [2.24, 2.45) is 0 Å². The molecule has 112 valence electrons. The first-order valence-corrected chi connectivity index (χ1v) is 8.44. The van der Waals surface area contributed by atoms with Crippen molar-refractivity contribution in [1.29, 1.82) is 0 Å². The molecular formula is C17H21NO2S. The van der Waals surface area contributed by atoms with E-state index in [1.807, 2.05) is 70.2 Å². The lowest BCUT2D eigenvalue weighted by molar-refractivity contribution is 0.565. The second kappa shape index (κ2) is 6.00. The topological polar surface area (TPSA) is 46.2 Å². The van der Waals surface area contributed by atoms with Gasteiger partial charge in [0.1, 0.15) is 0 Å². The predicted octanol–water partition coefficient (Wildman–Crippen LogP) is 3.65. The van der Waals surface area contributed by atoms with E-state index in [9.17, 15) is 8.42 Å². The van der Waals surface area contributed by atoms with Gasteiger partial charge in [-0.1, -0.05) is 48.0 Å². The molecule has 0 bridgehead atoms. The van der Waals surface area contributed by atoms with Gasteiger partial charge in [0.15, 0.2) is 0 Å². The molecule has 0 aromatic heterocycles. The Kier molecular flexibility index (Phi) is 4.49. The zero-order chi connectivity index (χ0) is 15.6. The summed E-state index contributed by atoms with van der Waals surface area (Å²) < 4.78 is 28.1. The highest BCUT2D eigenvalue weighted by molar-refractivity contribution is 7.89. The van der Waals surface area contributed by atoms with Gasteiger partial charge in [0, 0.05) is 6.04 Å². The fraction of sp³-hybridized carbons (Fsp3) is 0.294. The highest BCUT2D eigenvalue weighted by Gasteiger charge is 2.22. The summed E-state index contributed by atoms with van der Waals surface area (Å²) in [5.41, 5.74) is 3.57. The van der Waals surface area contributed by atoms with Gasteiger partial charge in [0.2, 0.25) is 10.0 Å². The van der Waals surface area contributed by atoms with Crippen LogP contribution in [0, 0.1) is 20.8 Å². The van der Waals surface area contributed by atoms with Gasteiger partial charge in [0.25, 0.3) is 0 Å². The Bertz CT molecular complexity index is 714. The van der Waals surface area contributed by atoms with Crippen LogP contribution in [0.4, 0.5) is 0 Å². The van der Waals surface area contributed by atoms with Crippen LogP contribution in [0.5, 0.6) is 0 Å². The lowest BCUT2D eigenvalue weighted by atomic mass is 10.1. The van der Waals surface area contributed by atoms with Crippen LogP contribution >= 0.6 is 0 Å². The van der Waals surface area contributed by atoms with Gasteiger partial charge in [-0.25, -0.2) is 13.1 Å². The molecule has 0 aliphatic carbocycles. The fourth-order valence-corrected chi connectivity index (χ4v) is 4.38. The van der Waals surface area contributed by atoms with Gasteiger partial charge < -0.3 is 0 Å². The Morgan fingerprint density at radius 1 is 0.952 bits per heavy atom. The number of rotatable bonds is 4. The number of sulfonamides is 1. The third kappa shape index (κ3) is 3.52. The third-order valence-corrected chi connectivity index (χ3v) is 5.35. The first-order valence-electron chi connectivity index (χ1n) is 6.96. The van der Waals surface area contributed by atoms with Crippen molar-refractivity contribution in [2.75, 3.05) is 0 Å². The lowest BCUT2D eigenvalue weighted by Crippen LogP contribution is -2.28. The van der Waals surface area contributed by atoms with Crippen LogP contribution in [0.25, 0.3) is 0 Å². The maximum atomic E-state index is 12.7. The van der Waals surface area contributed by atoms with E-state index >= 15 is 0 Å². The molecule has 2 aromatic carbocycles. The van der Waals surface area contributed by atoms with E-state index in [1.165, 1.54) is 0 Å². The van der Waals surface area contributed by atoms with Crippen molar-refractivity contribution in [3.63, 3.8) is 0 Å². The number of hydrogen-bond donors (Lipinski definition) is 1. The largest absolute Gasteiger partial charge is 0.241 e. The minimum absolute atomic E-state index is 0.267. The van der Waals surface area contributed by atoms with Gasteiger partial charge in [-0.05, 0) is 44.4 Å². The van der Waals surface area contributed by atoms with Crippen LogP contribution in [-0.2, 0) is 10.0 Å². The van der Waals surface area contributed by atoms with E-state index < -0.39 is 10.0 Å². The summed E-state index contributed by atoms with van der Waals surface area (Å²) in [6, 6.07) is 13.1. The second-order valence-corrected chi connectivity index (χ2v) is 7.13. The molecule has 0 heterocycles. The summed E-state index contributed by atoms with van der Waals surface area (Å²) in [5.74, 6) is 0. The second-order valence-electron chi connectivity index (χ2n) is 5.48. The van der Waals surface area contributed by atoms with Crippen LogP contribution in [0.1, 0.15) is 35.2 Å². The summed E-state index contributed by atoms with van der Waals surface area (Å²) >= 11 is 0. The molecule has 1 atom stereocenters. The molecule has 2 aromatic rings. The molecule has 2 rings (SSSR count). The minimum atomic E-state index is -3.54. The molecule has 0 radical (unpaired) electrons. The normalized spacial score (nSPS) is 13.1. The average molecular weight is 303 g/mol. The fourth-order valence-electron chi connectivity index (χ4n) is 2.69. The lowest BCUT2D eigenvalue weighted by Gasteiger charge is -2.17. The number of aryl methyl sites for hydroxylation is 3. The van der Waals surface area contributed by atoms with Crippen molar-refractivity contribution < 1.29 is 8.42 Å². The Labute approximate surface area is 127 Å². The van der Waals surface area contributed by atoms with Crippen molar-refractivity contribution in [2.45, 2.75) is 38.6 Å². The van der Waals surface area contributed by atoms with Gasteiger partial charge in [-0.15, -0.1) is 0 Å². The van der Waals surface area contributed by atoms with Crippen molar-refractivity contribution in [1.82, 2.24) is 4.72 Å². The quantitative estimate of drug-likeness (QED) is 0.937. The summed E-state index contributed by atoms with van der Waals surface area (Å²) in [5, 5.41) is 0. The maximum absolute atomic E-state index is 12.7. The molecule has 0 aliphatic heterocycles. The van der Waals surface area contributed by atoms with Crippen LogP contribution in [-0.4, -0.2) is 8.42 Å². The smallest absolute Gasteiger partial charge is 0.207 e. The number of benzene rings is 2.